The molecule has 3 heterocycles. The number of carbonyl (C=O) groups excluding carboxylic acids is 1. The molecule has 0 aromatic carbocycles. The number of carbonyl (C=O) groups is 1. The summed E-state index contributed by atoms with van der Waals surface area (Å²) in [7, 11) is 2.17. The van der Waals surface area contributed by atoms with Gasteiger partial charge in [-0.05, 0) is 45.7 Å². The SMILES string of the molecule is CN1CCCC[C@H]1CCC(=O)NCc1nnc2n1CCCC2. The van der Waals surface area contributed by atoms with E-state index >= 15 is 0 Å². The van der Waals surface area contributed by atoms with Crippen LogP contribution in [0, 0.1) is 0 Å². The third-order valence-electron chi connectivity index (χ3n) is 5.01. The lowest BCUT2D eigenvalue weighted by molar-refractivity contribution is -0.121. The Bertz CT molecular complexity index is 513. The molecule has 0 bridgehead atoms. The summed E-state index contributed by atoms with van der Waals surface area (Å²) in [6.07, 6.45) is 8.76. The van der Waals surface area contributed by atoms with Gasteiger partial charge in [0.1, 0.15) is 5.82 Å². The Morgan fingerprint density at radius 2 is 2.09 bits per heavy atom. The van der Waals surface area contributed by atoms with E-state index in [0.717, 1.165) is 37.6 Å². The molecular weight excluding hydrogens is 278 g/mol. The van der Waals surface area contributed by atoms with Crippen LogP contribution in [-0.4, -0.2) is 45.2 Å². The molecule has 1 amide bonds. The van der Waals surface area contributed by atoms with Gasteiger partial charge in [-0.3, -0.25) is 4.79 Å². The third kappa shape index (κ3) is 3.66. The summed E-state index contributed by atoms with van der Waals surface area (Å²) in [6.45, 7) is 2.66. The van der Waals surface area contributed by atoms with Gasteiger partial charge in [-0.2, -0.15) is 0 Å². The molecule has 1 saturated heterocycles. The van der Waals surface area contributed by atoms with E-state index in [-0.39, 0.29) is 5.91 Å². The number of amides is 1. The second kappa shape index (κ2) is 7.22. The Morgan fingerprint density at radius 3 is 2.95 bits per heavy atom. The van der Waals surface area contributed by atoms with E-state index in [4.69, 9.17) is 0 Å². The van der Waals surface area contributed by atoms with Crippen molar-refractivity contribution >= 4 is 5.91 Å². The second-order valence-corrected chi connectivity index (χ2v) is 6.59. The fourth-order valence-electron chi connectivity index (χ4n) is 3.57. The molecule has 1 atom stereocenters. The summed E-state index contributed by atoms with van der Waals surface area (Å²) in [5, 5.41) is 11.4. The first-order valence-corrected chi connectivity index (χ1v) is 8.62. The van der Waals surface area contributed by atoms with Gasteiger partial charge in [0.05, 0.1) is 6.54 Å². The van der Waals surface area contributed by atoms with Crippen molar-refractivity contribution in [3.63, 3.8) is 0 Å². The summed E-state index contributed by atoms with van der Waals surface area (Å²) in [5.41, 5.74) is 0. The Labute approximate surface area is 132 Å². The summed E-state index contributed by atoms with van der Waals surface area (Å²) < 4.78 is 2.17. The van der Waals surface area contributed by atoms with Gasteiger partial charge in [0.15, 0.2) is 5.82 Å². The van der Waals surface area contributed by atoms with E-state index in [1.165, 1.54) is 32.1 Å². The number of aromatic nitrogens is 3. The average Bonchev–Trinajstić information content (AvgIpc) is 2.95. The number of rotatable bonds is 5. The van der Waals surface area contributed by atoms with Gasteiger partial charge in [0.25, 0.3) is 0 Å². The van der Waals surface area contributed by atoms with Crippen LogP contribution in [-0.2, 0) is 24.3 Å². The normalized spacial score (nSPS) is 22.3. The maximum absolute atomic E-state index is 12.1. The predicted octanol–water partition coefficient (Wildman–Crippen LogP) is 1.50. The number of nitrogens with zero attached hydrogens (tertiary/aromatic N) is 4. The van der Waals surface area contributed by atoms with Crippen molar-refractivity contribution in [1.29, 1.82) is 0 Å². The first-order valence-electron chi connectivity index (χ1n) is 8.62. The minimum atomic E-state index is 0.132. The topological polar surface area (TPSA) is 63.1 Å². The van der Waals surface area contributed by atoms with Crippen LogP contribution >= 0.6 is 0 Å². The van der Waals surface area contributed by atoms with Crippen molar-refractivity contribution in [3.05, 3.63) is 11.6 Å². The molecule has 122 valence electrons. The van der Waals surface area contributed by atoms with E-state index in [2.05, 4.69) is 32.0 Å². The molecule has 6 heteroatoms. The number of piperidine rings is 1. The molecule has 22 heavy (non-hydrogen) atoms. The monoisotopic (exact) mass is 305 g/mol. The van der Waals surface area contributed by atoms with Crippen molar-refractivity contribution in [1.82, 2.24) is 25.0 Å². The minimum absolute atomic E-state index is 0.132. The highest BCUT2D eigenvalue weighted by Gasteiger charge is 2.20. The molecular formula is C16H27N5O. The van der Waals surface area contributed by atoms with Crippen molar-refractivity contribution in [2.24, 2.45) is 0 Å². The average molecular weight is 305 g/mol. The van der Waals surface area contributed by atoms with Crippen molar-refractivity contribution in [3.8, 4) is 0 Å². The van der Waals surface area contributed by atoms with E-state index in [9.17, 15) is 4.79 Å². The van der Waals surface area contributed by atoms with Crippen LogP contribution in [0.1, 0.15) is 56.6 Å². The molecule has 0 aliphatic carbocycles. The number of hydrogen-bond donors (Lipinski definition) is 1. The Balaban J connectivity index is 1.43. The number of likely N-dealkylation sites (tertiary alicyclic amines) is 1. The molecule has 1 aromatic rings. The lowest BCUT2D eigenvalue weighted by atomic mass is 9.98. The van der Waals surface area contributed by atoms with E-state index < -0.39 is 0 Å². The molecule has 1 N–H and O–H groups in total. The number of aryl methyl sites for hydroxylation is 1. The number of fused-ring (bicyclic) bond motifs is 1. The van der Waals surface area contributed by atoms with Crippen LogP contribution in [0.2, 0.25) is 0 Å². The zero-order valence-corrected chi connectivity index (χ0v) is 13.6. The maximum atomic E-state index is 12.1. The maximum Gasteiger partial charge on any atom is 0.220 e. The van der Waals surface area contributed by atoms with Crippen molar-refractivity contribution < 1.29 is 4.79 Å². The first kappa shape index (κ1) is 15.5. The van der Waals surface area contributed by atoms with Crippen LogP contribution < -0.4 is 5.32 Å². The summed E-state index contributed by atoms with van der Waals surface area (Å²) in [5.74, 6) is 2.10. The zero-order valence-electron chi connectivity index (χ0n) is 13.6. The van der Waals surface area contributed by atoms with Gasteiger partial charge in [-0.1, -0.05) is 6.42 Å². The smallest absolute Gasteiger partial charge is 0.220 e. The van der Waals surface area contributed by atoms with Crippen LogP contribution in [0.5, 0.6) is 0 Å². The van der Waals surface area contributed by atoms with Crippen molar-refractivity contribution in [2.45, 2.75) is 70.5 Å². The van der Waals surface area contributed by atoms with Crippen LogP contribution in [0.3, 0.4) is 0 Å². The number of nitrogens with one attached hydrogen (secondary N) is 1. The van der Waals surface area contributed by atoms with Crippen molar-refractivity contribution in [2.75, 3.05) is 13.6 Å². The lowest BCUT2D eigenvalue weighted by Crippen LogP contribution is -2.37. The van der Waals surface area contributed by atoms with Crippen LogP contribution in [0.4, 0.5) is 0 Å². The predicted molar refractivity (Wildman–Crippen MR) is 84.3 cm³/mol. The van der Waals surface area contributed by atoms with Gasteiger partial charge in [-0.15, -0.1) is 10.2 Å². The van der Waals surface area contributed by atoms with Gasteiger partial charge >= 0.3 is 0 Å². The molecule has 0 unspecified atom stereocenters. The fraction of sp³-hybridized carbons (Fsp3) is 0.812. The van der Waals surface area contributed by atoms with Gasteiger partial charge in [-0.25, -0.2) is 0 Å². The highest BCUT2D eigenvalue weighted by atomic mass is 16.1. The molecule has 6 nitrogen and oxygen atoms in total. The quantitative estimate of drug-likeness (QED) is 0.895. The molecule has 1 fully saturated rings. The highest BCUT2D eigenvalue weighted by Crippen LogP contribution is 2.19. The first-order chi connectivity index (χ1) is 10.7. The summed E-state index contributed by atoms with van der Waals surface area (Å²) in [6, 6.07) is 0.570. The minimum Gasteiger partial charge on any atom is -0.349 e. The summed E-state index contributed by atoms with van der Waals surface area (Å²) in [4.78, 5) is 14.5. The summed E-state index contributed by atoms with van der Waals surface area (Å²) >= 11 is 0. The Kier molecular flexibility index (Phi) is 5.08. The fourth-order valence-corrected chi connectivity index (χ4v) is 3.57. The number of hydrogen-bond acceptors (Lipinski definition) is 4. The Morgan fingerprint density at radius 1 is 1.23 bits per heavy atom. The molecule has 0 saturated carbocycles. The molecule has 1 aromatic heterocycles. The molecule has 0 radical (unpaired) electrons. The van der Waals surface area contributed by atoms with Crippen LogP contribution in [0.15, 0.2) is 0 Å². The van der Waals surface area contributed by atoms with Crippen LogP contribution in [0.25, 0.3) is 0 Å². The molecule has 2 aliphatic heterocycles. The van der Waals surface area contributed by atoms with E-state index in [1.54, 1.807) is 0 Å². The molecule has 2 aliphatic rings. The van der Waals surface area contributed by atoms with E-state index in [0.29, 0.717) is 19.0 Å². The molecule has 3 rings (SSSR count). The van der Waals surface area contributed by atoms with Gasteiger partial charge in [0, 0.05) is 25.4 Å². The molecule has 0 spiro atoms. The highest BCUT2D eigenvalue weighted by molar-refractivity contribution is 5.75. The Hall–Kier alpha value is -1.43. The van der Waals surface area contributed by atoms with Gasteiger partial charge < -0.3 is 14.8 Å². The lowest BCUT2D eigenvalue weighted by Gasteiger charge is -2.32. The largest absolute Gasteiger partial charge is 0.349 e. The van der Waals surface area contributed by atoms with E-state index in [1.807, 2.05) is 0 Å². The standard InChI is InChI=1S/C16H27N5O/c1-20-10-4-2-6-13(20)8-9-16(22)17-12-15-19-18-14-7-3-5-11-21(14)15/h13H,2-12H2,1H3,(H,17,22)/t13-/m0/s1. The second-order valence-electron chi connectivity index (χ2n) is 6.59. The third-order valence-corrected chi connectivity index (χ3v) is 5.01. The van der Waals surface area contributed by atoms with Gasteiger partial charge in [0.2, 0.25) is 5.91 Å². The zero-order chi connectivity index (χ0) is 15.4.